The van der Waals surface area contributed by atoms with Crippen molar-refractivity contribution in [3.63, 3.8) is 0 Å². The number of aliphatic hydroxyl groups excluding tert-OH is 7. The summed E-state index contributed by atoms with van der Waals surface area (Å²) in [5.74, 6) is -3.54. The Labute approximate surface area is 371 Å². The maximum absolute atomic E-state index is 13.6. The summed E-state index contributed by atoms with van der Waals surface area (Å²) in [6.07, 6.45) is -18.2. The number of aromatic hydroxyl groups is 2. The SMILES string of the molecule is CC=C1C(OC2OC(CO)C(O)C(O)C2O)OC=C(C(=O)OC)C1CC(=O)OCC1OC(OC23COC(c4ccc(O)c(OC)c4)C2COC3c2ccc(O)c(OC)c2)C(O)C(O)C1O. The van der Waals surface area contributed by atoms with Crippen molar-refractivity contribution in [3.8, 4) is 23.0 Å². The normalized spacial score (nSPS) is 37.5. The second-order valence-electron chi connectivity index (χ2n) is 16.1. The van der Waals surface area contributed by atoms with Crippen molar-refractivity contribution in [2.45, 2.75) is 98.9 Å². The van der Waals surface area contributed by atoms with Gasteiger partial charge in [-0.1, -0.05) is 18.2 Å². The van der Waals surface area contributed by atoms with E-state index in [1.54, 1.807) is 31.2 Å². The molecule has 5 aliphatic rings. The molecule has 0 amide bonds. The molecule has 5 aliphatic heterocycles. The molecule has 22 nitrogen and oxygen atoms in total. The van der Waals surface area contributed by atoms with Gasteiger partial charge >= 0.3 is 11.9 Å². The van der Waals surface area contributed by atoms with Crippen molar-refractivity contribution in [2.75, 3.05) is 47.8 Å². The zero-order chi connectivity index (χ0) is 46.9. The molecule has 0 aliphatic carbocycles. The summed E-state index contributed by atoms with van der Waals surface area (Å²) in [5, 5.41) is 94.9. The molecule has 5 heterocycles. The van der Waals surface area contributed by atoms with E-state index in [0.29, 0.717) is 11.1 Å². The number of phenols is 2. The minimum atomic E-state index is -1.89. The number of carbonyl (C=O) groups is 2. The number of benzene rings is 2. The van der Waals surface area contributed by atoms with Crippen LogP contribution in [0.2, 0.25) is 0 Å². The molecule has 2 aromatic carbocycles. The Morgan fingerprint density at radius 1 is 0.800 bits per heavy atom. The molecule has 0 aromatic heterocycles. The van der Waals surface area contributed by atoms with Crippen LogP contribution in [0, 0.1) is 11.8 Å². The van der Waals surface area contributed by atoms with E-state index < -0.39 is 129 Å². The van der Waals surface area contributed by atoms with Crippen LogP contribution >= 0.6 is 0 Å². The third kappa shape index (κ3) is 9.24. The number of allylic oxidation sites excluding steroid dienone is 1. The van der Waals surface area contributed by atoms with Crippen LogP contribution in [-0.2, 0) is 52.2 Å². The number of phenolic OH excluding ortho intramolecular Hbond substituents is 2. The fourth-order valence-electron chi connectivity index (χ4n) is 8.85. The number of aliphatic hydroxyl groups is 7. The van der Waals surface area contributed by atoms with E-state index in [-0.39, 0.29) is 47.4 Å². The second-order valence-corrected chi connectivity index (χ2v) is 16.1. The first kappa shape index (κ1) is 48.3. The fraction of sp³-hybridized carbons (Fsp3) is 0.581. The first-order chi connectivity index (χ1) is 31.1. The highest BCUT2D eigenvalue weighted by molar-refractivity contribution is 5.90. The second kappa shape index (κ2) is 20.1. The minimum Gasteiger partial charge on any atom is -0.504 e. The van der Waals surface area contributed by atoms with E-state index in [1.807, 2.05) is 0 Å². The standard InChI is InChI=1S/C43H54O22/c1-5-20-21(22(39(54)57-4)14-60-40(20)64-41-35(52)33(50)31(48)28(13-44)62-41)12-30(47)58-16-29-32(49)34(51)36(53)42(63-29)65-43-17-61-37(18-6-8-24(45)26(10-18)55-2)23(43)15-59-38(43)19-7-9-25(46)27(11-19)56-3/h5-11,14,21,23,28-29,31-38,40-42,44-46,48-53H,12-13,15-17H2,1-4H3. The van der Waals surface area contributed by atoms with Gasteiger partial charge in [-0.3, -0.25) is 4.79 Å². The van der Waals surface area contributed by atoms with Crippen LogP contribution in [0.15, 0.2) is 59.9 Å². The van der Waals surface area contributed by atoms with Crippen LogP contribution in [0.5, 0.6) is 23.0 Å². The van der Waals surface area contributed by atoms with Gasteiger partial charge in [-0.25, -0.2) is 4.79 Å². The molecular weight excluding hydrogens is 868 g/mol. The number of methoxy groups -OCH3 is 3. The maximum atomic E-state index is 13.6. The third-order valence-corrected chi connectivity index (χ3v) is 12.4. The Kier molecular flexibility index (Phi) is 14.9. The Hall–Kier alpha value is -4.66. The maximum Gasteiger partial charge on any atom is 0.337 e. The largest absolute Gasteiger partial charge is 0.504 e. The molecule has 4 fully saturated rings. The predicted molar refractivity (Wildman–Crippen MR) is 213 cm³/mol. The third-order valence-electron chi connectivity index (χ3n) is 12.4. The van der Waals surface area contributed by atoms with Gasteiger partial charge in [0.1, 0.15) is 67.1 Å². The van der Waals surface area contributed by atoms with E-state index >= 15 is 0 Å². The quantitative estimate of drug-likeness (QED) is 0.0799. The van der Waals surface area contributed by atoms with Gasteiger partial charge in [-0.2, -0.15) is 0 Å². The zero-order valence-corrected chi connectivity index (χ0v) is 35.6. The molecule has 65 heavy (non-hydrogen) atoms. The number of esters is 2. The Morgan fingerprint density at radius 2 is 1.42 bits per heavy atom. The molecule has 16 atom stereocenters. The molecule has 358 valence electrons. The zero-order valence-electron chi connectivity index (χ0n) is 35.6. The summed E-state index contributed by atoms with van der Waals surface area (Å²) in [4.78, 5) is 26.5. The summed E-state index contributed by atoms with van der Waals surface area (Å²) in [6.45, 7) is -0.0136. The number of ether oxygens (including phenoxy) is 11. The molecule has 2 aromatic rings. The highest BCUT2D eigenvalue weighted by Crippen LogP contribution is 2.57. The molecule has 22 heteroatoms. The molecule has 9 N–H and O–H groups in total. The average Bonchev–Trinajstić information content (AvgIpc) is 3.85. The van der Waals surface area contributed by atoms with Crippen LogP contribution in [0.1, 0.15) is 36.7 Å². The van der Waals surface area contributed by atoms with Gasteiger partial charge in [0, 0.05) is 17.4 Å². The monoisotopic (exact) mass is 922 g/mol. The van der Waals surface area contributed by atoms with Gasteiger partial charge in [-0.15, -0.1) is 0 Å². The Bertz CT molecular complexity index is 2080. The highest BCUT2D eigenvalue weighted by atomic mass is 16.8. The van der Waals surface area contributed by atoms with Crippen LogP contribution in [0.25, 0.3) is 0 Å². The Balaban J connectivity index is 1.09. The molecule has 0 spiro atoms. The lowest BCUT2D eigenvalue weighted by molar-refractivity contribution is -0.334. The van der Waals surface area contributed by atoms with Crippen molar-refractivity contribution in [3.05, 3.63) is 71.0 Å². The van der Waals surface area contributed by atoms with E-state index in [9.17, 15) is 55.5 Å². The smallest absolute Gasteiger partial charge is 0.337 e. The summed E-state index contributed by atoms with van der Waals surface area (Å²) >= 11 is 0. The van der Waals surface area contributed by atoms with Gasteiger partial charge in [0.15, 0.2) is 35.6 Å². The number of hydrogen-bond acceptors (Lipinski definition) is 22. The van der Waals surface area contributed by atoms with E-state index in [2.05, 4.69) is 0 Å². The van der Waals surface area contributed by atoms with Crippen molar-refractivity contribution in [2.24, 2.45) is 11.8 Å². The number of carbonyl (C=O) groups excluding carboxylic acids is 2. The van der Waals surface area contributed by atoms with Gasteiger partial charge < -0.3 is 98.1 Å². The van der Waals surface area contributed by atoms with E-state index in [0.717, 1.165) is 13.4 Å². The van der Waals surface area contributed by atoms with Crippen LogP contribution in [-0.4, -0.2) is 179 Å². The number of rotatable bonds is 14. The average molecular weight is 923 g/mol. The lowest BCUT2D eigenvalue weighted by Crippen LogP contribution is -2.62. The van der Waals surface area contributed by atoms with Gasteiger partial charge in [0.2, 0.25) is 6.29 Å². The molecule has 16 unspecified atom stereocenters. The topological polar surface area (TPSA) is 318 Å². The van der Waals surface area contributed by atoms with Crippen LogP contribution < -0.4 is 9.47 Å². The Morgan fingerprint density at radius 3 is 2.05 bits per heavy atom. The van der Waals surface area contributed by atoms with Gasteiger partial charge in [0.25, 0.3) is 0 Å². The molecule has 4 saturated heterocycles. The van der Waals surface area contributed by atoms with E-state index in [1.165, 1.54) is 32.4 Å². The highest BCUT2D eigenvalue weighted by Gasteiger charge is 2.64. The van der Waals surface area contributed by atoms with Crippen molar-refractivity contribution in [1.29, 1.82) is 0 Å². The molecule has 0 saturated carbocycles. The minimum absolute atomic E-state index is 0.0353. The first-order valence-electron chi connectivity index (χ1n) is 20.7. The summed E-state index contributed by atoms with van der Waals surface area (Å²) in [7, 11) is 3.88. The van der Waals surface area contributed by atoms with Gasteiger partial charge in [-0.05, 0) is 42.3 Å². The molecule has 0 radical (unpaired) electrons. The summed E-state index contributed by atoms with van der Waals surface area (Å²) in [6, 6.07) is 9.23. The number of hydrogen-bond donors (Lipinski definition) is 9. The predicted octanol–water partition coefficient (Wildman–Crippen LogP) is -1.14. The summed E-state index contributed by atoms with van der Waals surface area (Å²) < 4.78 is 63.5. The molecular formula is C43H54O22. The molecule has 0 bridgehead atoms. The summed E-state index contributed by atoms with van der Waals surface area (Å²) in [5.41, 5.74) is -0.387. The lowest BCUT2D eigenvalue weighted by Gasteiger charge is -2.44. The molecule has 7 rings (SSSR count). The number of fused-ring (bicyclic) bond motifs is 1. The lowest BCUT2D eigenvalue weighted by atomic mass is 9.80. The van der Waals surface area contributed by atoms with Crippen molar-refractivity contribution >= 4 is 11.9 Å². The van der Waals surface area contributed by atoms with Crippen molar-refractivity contribution in [1.82, 2.24) is 0 Å². The first-order valence-corrected chi connectivity index (χ1v) is 20.7. The fourth-order valence-corrected chi connectivity index (χ4v) is 8.85. The van der Waals surface area contributed by atoms with Crippen LogP contribution in [0.4, 0.5) is 0 Å². The van der Waals surface area contributed by atoms with E-state index in [4.69, 9.17) is 52.1 Å². The van der Waals surface area contributed by atoms with Crippen molar-refractivity contribution < 1.29 is 108 Å². The van der Waals surface area contributed by atoms with Crippen LogP contribution in [0.3, 0.4) is 0 Å². The van der Waals surface area contributed by atoms with Gasteiger partial charge in [0.05, 0.1) is 65.5 Å².